The molecule has 0 fully saturated rings. The number of anilines is 1. The second-order valence-corrected chi connectivity index (χ2v) is 8.80. The van der Waals surface area contributed by atoms with E-state index < -0.39 is 11.7 Å². The van der Waals surface area contributed by atoms with Crippen molar-refractivity contribution in [3.63, 3.8) is 0 Å². The minimum atomic E-state index is -0.430. The number of para-hydroxylation sites is 1. The van der Waals surface area contributed by atoms with Gasteiger partial charge in [0.2, 0.25) is 5.91 Å². The Labute approximate surface area is 201 Å². The zero-order valence-electron chi connectivity index (χ0n) is 16.1. The highest BCUT2D eigenvalue weighted by Crippen LogP contribution is 2.34. The summed E-state index contributed by atoms with van der Waals surface area (Å²) < 4.78 is 14.8. The molecular weight excluding hydrogens is 496 g/mol. The highest BCUT2D eigenvalue weighted by atomic mass is 35.5. The Bertz CT molecular complexity index is 1370. The predicted molar refractivity (Wildman–Crippen MR) is 128 cm³/mol. The van der Waals surface area contributed by atoms with Crippen molar-refractivity contribution in [2.75, 3.05) is 11.1 Å². The Balaban J connectivity index is 1.67. The van der Waals surface area contributed by atoms with Crippen LogP contribution in [0.2, 0.25) is 15.1 Å². The Morgan fingerprint density at radius 2 is 1.69 bits per heavy atom. The van der Waals surface area contributed by atoms with Gasteiger partial charge in [-0.25, -0.2) is 9.37 Å². The van der Waals surface area contributed by atoms with Gasteiger partial charge in [-0.2, -0.15) is 0 Å². The van der Waals surface area contributed by atoms with Crippen LogP contribution in [0.25, 0.3) is 16.6 Å². The number of hydrogen-bond acceptors (Lipinski definition) is 4. The second-order valence-electron chi connectivity index (χ2n) is 6.61. The van der Waals surface area contributed by atoms with Gasteiger partial charge in [-0.3, -0.25) is 14.2 Å². The van der Waals surface area contributed by atoms with E-state index in [0.29, 0.717) is 21.6 Å². The van der Waals surface area contributed by atoms with Crippen LogP contribution in [0.5, 0.6) is 0 Å². The van der Waals surface area contributed by atoms with Crippen LogP contribution >= 0.6 is 46.6 Å². The number of rotatable bonds is 5. The third-order valence-corrected chi connectivity index (χ3v) is 6.19. The van der Waals surface area contributed by atoms with E-state index in [2.05, 4.69) is 10.3 Å². The normalized spacial score (nSPS) is 11.0. The van der Waals surface area contributed by atoms with Crippen molar-refractivity contribution >= 4 is 69.1 Å². The molecule has 0 saturated heterocycles. The molecule has 10 heteroatoms. The summed E-state index contributed by atoms with van der Waals surface area (Å²) in [5.74, 6) is -0.920. The summed E-state index contributed by atoms with van der Waals surface area (Å²) in [7, 11) is 0. The standard InChI is InChI=1S/C22H13Cl3FN3O2S/c23-12-9-16(24)20(17(25)10-12)28-19(30)11-32-22-27-18-4-2-1-3-15(18)21(31)29(22)14-7-5-13(26)6-8-14/h1-10H,11H2,(H,28,30). The Morgan fingerprint density at radius 1 is 1.03 bits per heavy atom. The largest absolute Gasteiger partial charge is 0.323 e. The lowest BCUT2D eigenvalue weighted by Gasteiger charge is -2.14. The number of benzene rings is 3. The fourth-order valence-electron chi connectivity index (χ4n) is 2.99. The van der Waals surface area contributed by atoms with Crippen molar-refractivity contribution < 1.29 is 9.18 Å². The summed E-state index contributed by atoms with van der Waals surface area (Å²) in [5, 5.41) is 4.08. The van der Waals surface area contributed by atoms with E-state index in [1.807, 2.05) is 0 Å². The average molecular weight is 509 g/mol. The number of amides is 1. The van der Waals surface area contributed by atoms with Crippen LogP contribution in [0.4, 0.5) is 10.1 Å². The van der Waals surface area contributed by atoms with Gasteiger partial charge in [0.15, 0.2) is 5.16 Å². The molecule has 0 aliphatic heterocycles. The van der Waals surface area contributed by atoms with Crippen molar-refractivity contribution in [2.45, 2.75) is 5.16 Å². The number of aromatic nitrogens is 2. The van der Waals surface area contributed by atoms with Crippen molar-refractivity contribution in [1.82, 2.24) is 9.55 Å². The lowest BCUT2D eigenvalue weighted by atomic mass is 10.2. The molecular formula is C22H13Cl3FN3O2S. The Morgan fingerprint density at radius 3 is 2.38 bits per heavy atom. The van der Waals surface area contributed by atoms with E-state index in [1.54, 1.807) is 24.3 Å². The summed E-state index contributed by atoms with van der Waals surface area (Å²) in [6, 6.07) is 15.3. The number of halogens is 4. The summed E-state index contributed by atoms with van der Waals surface area (Å²) in [4.78, 5) is 30.3. The number of nitrogens with one attached hydrogen (secondary N) is 1. The first-order chi connectivity index (χ1) is 15.3. The van der Waals surface area contributed by atoms with Gasteiger partial charge in [-0.1, -0.05) is 58.7 Å². The summed E-state index contributed by atoms with van der Waals surface area (Å²) in [6.45, 7) is 0. The van der Waals surface area contributed by atoms with Crippen LogP contribution in [0, 0.1) is 5.82 Å². The number of nitrogens with zero attached hydrogens (tertiary/aromatic N) is 2. The molecule has 0 radical (unpaired) electrons. The second kappa shape index (κ2) is 9.50. The first kappa shape index (κ1) is 22.6. The minimum Gasteiger partial charge on any atom is -0.323 e. The Kier molecular flexibility index (Phi) is 6.71. The van der Waals surface area contributed by atoms with Gasteiger partial charge < -0.3 is 5.32 Å². The molecule has 1 heterocycles. The molecule has 1 amide bonds. The SMILES string of the molecule is O=C(CSc1nc2ccccc2c(=O)n1-c1ccc(F)cc1)Nc1c(Cl)cc(Cl)cc1Cl. The molecule has 0 aliphatic carbocycles. The predicted octanol–water partition coefficient (Wildman–Crippen LogP) is 6.22. The van der Waals surface area contributed by atoms with Crippen molar-refractivity contribution in [3.05, 3.63) is 91.9 Å². The van der Waals surface area contributed by atoms with Crippen LogP contribution in [0.1, 0.15) is 0 Å². The lowest BCUT2D eigenvalue weighted by molar-refractivity contribution is -0.113. The topological polar surface area (TPSA) is 64.0 Å². The minimum absolute atomic E-state index is 0.0821. The maximum absolute atomic E-state index is 13.4. The fraction of sp³-hybridized carbons (Fsp3) is 0.0455. The smallest absolute Gasteiger partial charge is 0.266 e. The Hall–Kier alpha value is -2.58. The first-order valence-electron chi connectivity index (χ1n) is 9.18. The van der Waals surface area contributed by atoms with E-state index in [-0.39, 0.29) is 32.2 Å². The van der Waals surface area contributed by atoms with Crippen LogP contribution in [0.3, 0.4) is 0 Å². The van der Waals surface area contributed by atoms with Gasteiger partial charge in [-0.05, 0) is 48.5 Å². The van der Waals surface area contributed by atoms with E-state index in [1.165, 1.54) is 41.0 Å². The average Bonchev–Trinajstić information content (AvgIpc) is 2.76. The van der Waals surface area contributed by atoms with E-state index in [0.717, 1.165) is 11.8 Å². The van der Waals surface area contributed by atoms with Gasteiger partial charge in [-0.15, -0.1) is 0 Å². The lowest BCUT2D eigenvalue weighted by Crippen LogP contribution is -2.23. The number of fused-ring (bicyclic) bond motifs is 1. The van der Waals surface area contributed by atoms with Crippen LogP contribution in [-0.2, 0) is 4.79 Å². The van der Waals surface area contributed by atoms with Crippen molar-refractivity contribution in [1.29, 1.82) is 0 Å². The van der Waals surface area contributed by atoms with E-state index in [9.17, 15) is 14.0 Å². The third-order valence-electron chi connectivity index (χ3n) is 4.43. The van der Waals surface area contributed by atoms with E-state index >= 15 is 0 Å². The monoisotopic (exact) mass is 507 g/mol. The maximum atomic E-state index is 13.4. The molecule has 0 unspecified atom stereocenters. The van der Waals surface area contributed by atoms with E-state index in [4.69, 9.17) is 34.8 Å². The first-order valence-corrected chi connectivity index (χ1v) is 11.3. The molecule has 3 aromatic carbocycles. The molecule has 5 nitrogen and oxygen atoms in total. The van der Waals surface area contributed by atoms with Gasteiger partial charge in [0.25, 0.3) is 5.56 Å². The highest BCUT2D eigenvalue weighted by molar-refractivity contribution is 7.99. The quantitative estimate of drug-likeness (QED) is 0.257. The number of hydrogen-bond donors (Lipinski definition) is 1. The maximum Gasteiger partial charge on any atom is 0.266 e. The zero-order chi connectivity index (χ0) is 22.8. The fourth-order valence-corrected chi connectivity index (χ4v) is 4.72. The molecule has 0 bridgehead atoms. The van der Waals surface area contributed by atoms with Crippen molar-refractivity contribution in [2.24, 2.45) is 0 Å². The molecule has 4 aromatic rings. The molecule has 0 saturated carbocycles. The molecule has 0 spiro atoms. The van der Waals surface area contributed by atoms with Crippen LogP contribution < -0.4 is 10.9 Å². The number of thioether (sulfide) groups is 1. The van der Waals surface area contributed by atoms with Gasteiger partial charge >= 0.3 is 0 Å². The molecule has 0 atom stereocenters. The molecule has 4 rings (SSSR count). The van der Waals surface area contributed by atoms with Gasteiger partial charge in [0.05, 0.1) is 38.1 Å². The van der Waals surface area contributed by atoms with Gasteiger partial charge in [0, 0.05) is 5.02 Å². The van der Waals surface area contributed by atoms with Crippen LogP contribution in [-0.4, -0.2) is 21.2 Å². The molecule has 32 heavy (non-hydrogen) atoms. The highest BCUT2D eigenvalue weighted by Gasteiger charge is 2.16. The zero-order valence-corrected chi connectivity index (χ0v) is 19.2. The molecule has 1 N–H and O–H groups in total. The third kappa shape index (κ3) is 4.76. The number of carbonyl (C=O) groups is 1. The summed E-state index contributed by atoms with van der Waals surface area (Å²) in [6.07, 6.45) is 0. The molecule has 0 aliphatic rings. The molecule has 1 aromatic heterocycles. The molecule has 162 valence electrons. The summed E-state index contributed by atoms with van der Waals surface area (Å²) in [5.41, 5.74) is 0.837. The van der Waals surface area contributed by atoms with Gasteiger partial charge in [0.1, 0.15) is 5.82 Å². The summed E-state index contributed by atoms with van der Waals surface area (Å²) >= 11 is 19.2. The number of carbonyl (C=O) groups excluding carboxylic acids is 1. The van der Waals surface area contributed by atoms with Crippen LogP contribution in [0.15, 0.2) is 70.6 Å². The van der Waals surface area contributed by atoms with Crippen molar-refractivity contribution in [3.8, 4) is 5.69 Å².